The molecule has 0 bridgehead atoms. The molecule has 0 fully saturated rings. The largest absolute Gasteiger partial charge is 0.438 e. The third kappa shape index (κ3) is 3.08. The van der Waals surface area contributed by atoms with Crippen molar-refractivity contribution in [1.82, 2.24) is 9.97 Å². The smallest absolute Gasteiger partial charge is 0.227 e. The molecule has 1 aromatic heterocycles. The SMILES string of the molecule is CCc1c(NC)ncnc1Oc1ccc(Cl)c(Cl)c1. The predicted molar refractivity (Wildman–Crippen MR) is 77.5 cm³/mol. The van der Waals surface area contributed by atoms with Crippen LogP contribution in [0.1, 0.15) is 12.5 Å². The Morgan fingerprint density at radius 1 is 1.21 bits per heavy atom. The summed E-state index contributed by atoms with van der Waals surface area (Å²) in [6.45, 7) is 2.02. The van der Waals surface area contributed by atoms with Crippen molar-refractivity contribution in [3.63, 3.8) is 0 Å². The van der Waals surface area contributed by atoms with Gasteiger partial charge in [-0.1, -0.05) is 30.1 Å². The van der Waals surface area contributed by atoms with Crippen molar-refractivity contribution < 1.29 is 4.74 Å². The third-order valence-electron chi connectivity index (χ3n) is 2.60. The highest BCUT2D eigenvalue weighted by atomic mass is 35.5. The Morgan fingerprint density at radius 3 is 2.63 bits per heavy atom. The van der Waals surface area contributed by atoms with Gasteiger partial charge in [0.05, 0.1) is 15.6 Å². The van der Waals surface area contributed by atoms with Gasteiger partial charge in [0.1, 0.15) is 17.9 Å². The summed E-state index contributed by atoms with van der Waals surface area (Å²) in [5.41, 5.74) is 0.913. The van der Waals surface area contributed by atoms with Gasteiger partial charge in [-0.2, -0.15) is 0 Å². The Bertz CT molecular complexity index is 590. The van der Waals surface area contributed by atoms with Crippen LogP contribution in [0, 0.1) is 0 Å². The summed E-state index contributed by atoms with van der Waals surface area (Å²) in [5, 5.41) is 3.95. The van der Waals surface area contributed by atoms with E-state index in [1.54, 1.807) is 18.2 Å². The van der Waals surface area contributed by atoms with Crippen LogP contribution in [0.3, 0.4) is 0 Å². The molecule has 0 aliphatic carbocycles. The molecule has 1 heterocycles. The number of hydrogen-bond acceptors (Lipinski definition) is 4. The highest BCUT2D eigenvalue weighted by Gasteiger charge is 2.11. The van der Waals surface area contributed by atoms with E-state index in [0.29, 0.717) is 21.7 Å². The molecule has 100 valence electrons. The van der Waals surface area contributed by atoms with Gasteiger partial charge in [0.25, 0.3) is 0 Å². The second kappa shape index (κ2) is 6.08. The molecule has 1 N–H and O–H groups in total. The van der Waals surface area contributed by atoms with Gasteiger partial charge in [-0.25, -0.2) is 9.97 Å². The second-order valence-corrected chi connectivity index (χ2v) is 4.60. The zero-order chi connectivity index (χ0) is 13.8. The number of anilines is 1. The minimum Gasteiger partial charge on any atom is -0.438 e. The van der Waals surface area contributed by atoms with Crippen molar-refractivity contribution in [2.24, 2.45) is 0 Å². The molecule has 0 spiro atoms. The van der Waals surface area contributed by atoms with Crippen molar-refractivity contribution in [2.45, 2.75) is 13.3 Å². The van der Waals surface area contributed by atoms with Crippen LogP contribution in [0.5, 0.6) is 11.6 Å². The molecule has 4 nitrogen and oxygen atoms in total. The van der Waals surface area contributed by atoms with Crippen molar-refractivity contribution >= 4 is 29.0 Å². The van der Waals surface area contributed by atoms with E-state index >= 15 is 0 Å². The molecule has 0 saturated heterocycles. The number of benzene rings is 1. The molecule has 0 saturated carbocycles. The molecular weight excluding hydrogens is 285 g/mol. The van der Waals surface area contributed by atoms with Crippen LogP contribution in [-0.2, 0) is 6.42 Å². The normalized spacial score (nSPS) is 10.3. The molecule has 2 rings (SSSR count). The maximum atomic E-state index is 5.96. The zero-order valence-corrected chi connectivity index (χ0v) is 12.1. The topological polar surface area (TPSA) is 47.0 Å². The highest BCUT2D eigenvalue weighted by Crippen LogP contribution is 2.31. The lowest BCUT2D eigenvalue weighted by Crippen LogP contribution is -2.02. The summed E-state index contributed by atoms with van der Waals surface area (Å²) in [4.78, 5) is 8.31. The predicted octanol–water partition coefficient (Wildman–Crippen LogP) is 4.18. The molecule has 1 aromatic carbocycles. The first-order valence-corrected chi connectivity index (χ1v) is 6.55. The zero-order valence-electron chi connectivity index (χ0n) is 10.6. The van der Waals surface area contributed by atoms with Crippen LogP contribution in [0.2, 0.25) is 10.0 Å². The lowest BCUT2D eigenvalue weighted by Gasteiger charge is -2.12. The standard InChI is InChI=1S/C13H13Cl2N3O/c1-3-9-12(16-2)17-7-18-13(9)19-8-4-5-10(14)11(15)6-8/h4-7H,3H2,1-2H3,(H,16,17,18). The summed E-state index contributed by atoms with van der Waals surface area (Å²) in [7, 11) is 1.81. The fraction of sp³-hybridized carbons (Fsp3) is 0.231. The Balaban J connectivity index is 2.35. The van der Waals surface area contributed by atoms with Crippen LogP contribution in [-0.4, -0.2) is 17.0 Å². The number of hydrogen-bond donors (Lipinski definition) is 1. The summed E-state index contributed by atoms with van der Waals surface area (Å²) in [6, 6.07) is 5.09. The van der Waals surface area contributed by atoms with Crippen LogP contribution < -0.4 is 10.1 Å². The molecule has 2 aromatic rings. The Hall–Kier alpha value is -1.52. The third-order valence-corrected chi connectivity index (χ3v) is 3.34. The molecule has 0 amide bonds. The van der Waals surface area contributed by atoms with E-state index in [4.69, 9.17) is 27.9 Å². The summed E-state index contributed by atoms with van der Waals surface area (Å²) in [6.07, 6.45) is 2.21. The molecular formula is C13H13Cl2N3O. The van der Waals surface area contributed by atoms with Gasteiger partial charge < -0.3 is 10.1 Å². The fourth-order valence-corrected chi connectivity index (χ4v) is 1.96. The molecule has 0 radical (unpaired) electrons. The Labute approximate surface area is 121 Å². The van der Waals surface area contributed by atoms with E-state index in [1.165, 1.54) is 6.33 Å². The van der Waals surface area contributed by atoms with E-state index in [2.05, 4.69) is 15.3 Å². The van der Waals surface area contributed by atoms with Crippen molar-refractivity contribution in [3.05, 3.63) is 40.1 Å². The Morgan fingerprint density at radius 2 is 2.00 bits per heavy atom. The van der Waals surface area contributed by atoms with E-state index in [1.807, 2.05) is 14.0 Å². The highest BCUT2D eigenvalue weighted by molar-refractivity contribution is 6.42. The number of nitrogens with one attached hydrogen (secondary N) is 1. The Kier molecular flexibility index (Phi) is 4.45. The quantitative estimate of drug-likeness (QED) is 0.919. The van der Waals surface area contributed by atoms with E-state index in [-0.39, 0.29) is 0 Å². The van der Waals surface area contributed by atoms with E-state index in [9.17, 15) is 0 Å². The minimum absolute atomic E-state index is 0.445. The molecule has 0 atom stereocenters. The van der Waals surface area contributed by atoms with Crippen molar-refractivity contribution in [1.29, 1.82) is 0 Å². The fourth-order valence-electron chi connectivity index (χ4n) is 1.67. The first-order chi connectivity index (χ1) is 9.15. The van der Waals surface area contributed by atoms with Crippen LogP contribution in [0.15, 0.2) is 24.5 Å². The lowest BCUT2D eigenvalue weighted by atomic mass is 10.2. The number of ether oxygens (including phenoxy) is 1. The van der Waals surface area contributed by atoms with Gasteiger partial charge in [0.2, 0.25) is 5.88 Å². The maximum absolute atomic E-state index is 5.96. The number of aromatic nitrogens is 2. The first kappa shape index (κ1) is 13.9. The monoisotopic (exact) mass is 297 g/mol. The first-order valence-electron chi connectivity index (χ1n) is 5.80. The van der Waals surface area contributed by atoms with Crippen molar-refractivity contribution in [2.75, 3.05) is 12.4 Å². The van der Waals surface area contributed by atoms with E-state index < -0.39 is 0 Å². The lowest BCUT2D eigenvalue weighted by molar-refractivity contribution is 0.455. The summed E-state index contributed by atoms with van der Waals surface area (Å²) in [5.74, 6) is 1.86. The maximum Gasteiger partial charge on any atom is 0.227 e. The van der Waals surface area contributed by atoms with Crippen LogP contribution >= 0.6 is 23.2 Å². The summed E-state index contributed by atoms with van der Waals surface area (Å²) < 4.78 is 5.74. The van der Waals surface area contributed by atoms with Gasteiger partial charge in [-0.05, 0) is 18.6 Å². The summed E-state index contributed by atoms with van der Waals surface area (Å²) >= 11 is 11.8. The average molecular weight is 298 g/mol. The number of rotatable bonds is 4. The van der Waals surface area contributed by atoms with Crippen LogP contribution in [0.25, 0.3) is 0 Å². The van der Waals surface area contributed by atoms with Gasteiger partial charge in [-0.3, -0.25) is 0 Å². The van der Waals surface area contributed by atoms with Crippen molar-refractivity contribution in [3.8, 4) is 11.6 Å². The minimum atomic E-state index is 0.445. The van der Waals surface area contributed by atoms with Gasteiger partial charge in [-0.15, -0.1) is 0 Å². The molecule has 0 aliphatic heterocycles. The molecule has 0 unspecified atom stereocenters. The van der Waals surface area contributed by atoms with Crippen LogP contribution in [0.4, 0.5) is 5.82 Å². The average Bonchev–Trinajstić information content (AvgIpc) is 2.42. The molecule has 6 heteroatoms. The van der Waals surface area contributed by atoms with Gasteiger partial charge >= 0.3 is 0 Å². The number of halogens is 2. The molecule has 0 aliphatic rings. The second-order valence-electron chi connectivity index (χ2n) is 3.79. The van der Waals surface area contributed by atoms with Gasteiger partial charge in [0, 0.05) is 13.1 Å². The van der Waals surface area contributed by atoms with E-state index in [0.717, 1.165) is 17.8 Å². The number of nitrogens with zero attached hydrogens (tertiary/aromatic N) is 2. The van der Waals surface area contributed by atoms with Gasteiger partial charge in [0.15, 0.2) is 0 Å². The molecule has 19 heavy (non-hydrogen) atoms.